The molecule has 3 amide bonds. The number of hydrogen-bond donors (Lipinski definition) is 2. The first-order valence-corrected chi connectivity index (χ1v) is 8.96. The van der Waals surface area contributed by atoms with Crippen molar-refractivity contribution in [2.24, 2.45) is 11.8 Å². The number of imide groups is 1. The van der Waals surface area contributed by atoms with Crippen molar-refractivity contribution in [2.75, 3.05) is 25.6 Å². The van der Waals surface area contributed by atoms with Crippen LogP contribution < -0.4 is 10.2 Å². The summed E-state index contributed by atoms with van der Waals surface area (Å²) in [7, 11) is 1.61. The summed E-state index contributed by atoms with van der Waals surface area (Å²) >= 11 is 0. The van der Waals surface area contributed by atoms with E-state index in [-0.39, 0.29) is 42.6 Å². The van der Waals surface area contributed by atoms with Crippen LogP contribution in [-0.2, 0) is 20.6 Å². The van der Waals surface area contributed by atoms with Gasteiger partial charge in [0.1, 0.15) is 0 Å². The van der Waals surface area contributed by atoms with E-state index in [1.807, 2.05) is 12.2 Å². The van der Waals surface area contributed by atoms with Gasteiger partial charge in [-0.2, -0.15) is 13.2 Å². The molecule has 1 aliphatic carbocycles. The van der Waals surface area contributed by atoms with Crippen LogP contribution in [0.1, 0.15) is 18.4 Å². The molecule has 3 atom stereocenters. The highest BCUT2D eigenvalue weighted by Gasteiger charge is 2.48. The average Bonchev–Trinajstić information content (AvgIpc) is 2.86. The molecule has 1 aromatic carbocycles. The molecular weight excluding hydrogens is 375 g/mol. The number of likely N-dealkylation sites (N-methyl/N-ethyl adjacent to an activating group) is 1. The number of nitrogens with one attached hydrogen (secondary N) is 2. The maximum atomic E-state index is 13.0. The number of amides is 3. The molecule has 1 aliphatic heterocycles. The number of halogens is 3. The third-order valence-corrected chi connectivity index (χ3v) is 5.00. The Morgan fingerprint density at radius 3 is 2.29 bits per heavy atom. The van der Waals surface area contributed by atoms with Gasteiger partial charge in [-0.25, -0.2) is 4.90 Å². The lowest BCUT2D eigenvalue weighted by Crippen LogP contribution is -3.11. The molecule has 9 heteroatoms. The number of fused-ring (bicyclic) bond motifs is 1. The van der Waals surface area contributed by atoms with Crippen LogP contribution in [0.15, 0.2) is 36.4 Å². The first-order valence-electron chi connectivity index (χ1n) is 8.96. The van der Waals surface area contributed by atoms with E-state index in [1.54, 1.807) is 7.05 Å². The molecular formula is C19H21F3N3O3+. The van der Waals surface area contributed by atoms with Crippen LogP contribution in [0.25, 0.3) is 0 Å². The van der Waals surface area contributed by atoms with Crippen molar-refractivity contribution >= 4 is 23.4 Å². The number of para-hydroxylation sites is 1. The molecule has 0 saturated carbocycles. The molecule has 6 nitrogen and oxygen atoms in total. The lowest BCUT2D eigenvalue weighted by molar-refractivity contribution is -0.878. The fraction of sp³-hybridized carbons (Fsp3) is 0.421. The summed E-state index contributed by atoms with van der Waals surface area (Å²) in [5.74, 6) is -1.83. The molecule has 1 heterocycles. The largest absolute Gasteiger partial charge is 0.418 e. The molecule has 0 radical (unpaired) electrons. The average molecular weight is 396 g/mol. The minimum Gasteiger partial charge on any atom is -0.321 e. The number of likely N-dealkylation sites (tertiary alicyclic amines) is 1. The zero-order valence-corrected chi connectivity index (χ0v) is 15.3. The lowest BCUT2D eigenvalue weighted by atomic mass is 9.85. The standard InChI is InChI=1S/C19H20F3N3O3/c1-24(11-25-17(27)12-6-2-3-7-13(12)18(25)28)10-16(26)23-15-9-5-4-8-14(15)19(20,21)22/h2-5,8-9,12-13H,6-7,10-11H2,1H3,(H,23,26)/p+1/t12-,13-/m0/s1. The van der Waals surface area contributed by atoms with E-state index >= 15 is 0 Å². The summed E-state index contributed by atoms with van der Waals surface area (Å²) in [6.07, 6.45) is 0.246. The van der Waals surface area contributed by atoms with Gasteiger partial charge in [0.25, 0.3) is 5.91 Å². The molecule has 0 aromatic heterocycles. The number of nitrogens with zero attached hydrogens (tertiary/aromatic N) is 1. The maximum Gasteiger partial charge on any atom is 0.418 e. The van der Waals surface area contributed by atoms with Gasteiger partial charge < -0.3 is 10.2 Å². The minimum absolute atomic E-state index is 0.000988. The van der Waals surface area contributed by atoms with Crippen LogP contribution in [0, 0.1) is 11.8 Å². The number of alkyl halides is 3. The summed E-state index contributed by atoms with van der Waals surface area (Å²) in [4.78, 5) is 38.8. The zero-order valence-electron chi connectivity index (χ0n) is 15.3. The topological polar surface area (TPSA) is 70.9 Å². The number of quaternary nitrogens is 1. The van der Waals surface area contributed by atoms with Crippen LogP contribution in [0.4, 0.5) is 18.9 Å². The van der Waals surface area contributed by atoms with Crippen LogP contribution in [0.5, 0.6) is 0 Å². The molecule has 3 rings (SSSR count). The monoisotopic (exact) mass is 396 g/mol. The second kappa shape index (κ2) is 7.75. The molecule has 150 valence electrons. The first kappa shape index (κ1) is 20.1. The van der Waals surface area contributed by atoms with E-state index < -0.39 is 17.6 Å². The van der Waals surface area contributed by atoms with Gasteiger partial charge in [0.05, 0.1) is 30.1 Å². The van der Waals surface area contributed by atoms with Crippen LogP contribution >= 0.6 is 0 Å². The number of rotatable bonds is 5. The Hall–Kier alpha value is -2.68. The number of carbonyl (C=O) groups excluding carboxylic acids is 3. The second-order valence-corrected chi connectivity index (χ2v) is 7.14. The van der Waals surface area contributed by atoms with Crippen molar-refractivity contribution in [3.63, 3.8) is 0 Å². The number of hydrogen-bond acceptors (Lipinski definition) is 3. The first-order chi connectivity index (χ1) is 13.2. The van der Waals surface area contributed by atoms with Gasteiger partial charge in [-0.05, 0) is 25.0 Å². The van der Waals surface area contributed by atoms with Crippen molar-refractivity contribution in [1.82, 2.24) is 4.90 Å². The zero-order chi connectivity index (χ0) is 20.5. The Labute approximate surface area is 160 Å². The fourth-order valence-corrected chi connectivity index (χ4v) is 3.66. The molecule has 2 N–H and O–H groups in total. The van der Waals surface area contributed by atoms with Gasteiger partial charge in [0.15, 0.2) is 13.2 Å². The van der Waals surface area contributed by atoms with Crippen molar-refractivity contribution in [3.05, 3.63) is 42.0 Å². The van der Waals surface area contributed by atoms with E-state index in [0.717, 1.165) is 11.0 Å². The van der Waals surface area contributed by atoms with Crippen LogP contribution in [-0.4, -0.2) is 42.9 Å². The van der Waals surface area contributed by atoms with Gasteiger partial charge in [-0.1, -0.05) is 24.3 Å². The quantitative estimate of drug-likeness (QED) is 0.578. The summed E-state index contributed by atoms with van der Waals surface area (Å²) in [5.41, 5.74) is -1.25. The highest BCUT2D eigenvalue weighted by molar-refractivity contribution is 6.05. The Morgan fingerprint density at radius 2 is 1.71 bits per heavy atom. The second-order valence-electron chi connectivity index (χ2n) is 7.14. The Morgan fingerprint density at radius 1 is 1.14 bits per heavy atom. The Balaban J connectivity index is 1.60. The normalized spacial score (nSPS) is 22.9. The predicted octanol–water partition coefficient (Wildman–Crippen LogP) is 1.07. The van der Waals surface area contributed by atoms with E-state index in [4.69, 9.17) is 0 Å². The summed E-state index contributed by atoms with van der Waals surface area (Å²) < 4.78 is 39.1. The summed E-state index contributed by atoms with van der Waals surface area (Å²) in [6, 6.07) is 4.72. The Bertz CT molecular complexity index is 796. The van der Waals surface area contributed by atoms with Gasteiger partial charge >= 0.3 is 6.18 Å². The molecule has 1 fully saturated rings. The van der Waals surface area contributed by atoms with Crippen LogP contribution in [0.3, 0.4) is 0 Å². The number of allylic oxidation sites excluding steroid dienone is 2. The molecule has 1 aromatic rings. The third kappa shape index (κ3) is 4.09. The van der Waals surface area contributed by atoms with E-state index in [2.05, 4.69) is 5.32 Å². The predicted molar refractivity (Wildman–Crippen MR) is 93.9 cm³/mol. The SMILES string of the molecule is C[NH+](CC(=O)Nc1ccccc1C(F)(F)F)CN1C(=O)[C@H]2CC=CC[C@@H]2C1=O. The third-order valence-electron chi connectivity index (χ3n) is 5.00. The van der Waals surface area contributed by atoms with Gasteiger partial charge in [-0.15, -0.1) is 0 Å². The highest BCUT2D eigenvalue weighted by atomic mass is 19.4. The summed E-state index contributed by atoms with van der Waals surface area (Å²) in [5, 5.41) is 2.27. The van der Waals surface area contributed by atoms with E-state index in [1.165, 1.54) is 18.2 Å². The molecule has 28 heavy (non-hydrogen) atoms. The smallest absolute Gasteiger partial charge is 0.321 e. The lowest BCUT2D eigenvalue weighted by Gasteiger charge is -2.20. The Kier molecular flexibility index (Phi) is 5.55. The summed E-state index contributed by atoms with van der Waals surface area (Å²) in [6.45, 7) is -0.185. The number of benzene rings is 1. The van der Waals surface area contributed by atoms with Crippen molar-refractivity contribution in [1.29, 1.82) is 0 Å². The van der Waals surface area contributed by atoms with Crippen molar-refractivity contribution < 1.29 is 32.5 Å². The fourth-order valence-electron chi connectivity index (χ4n) is 3.66. The highest BCUT2D eigenvalue weighted by Crippen LogP contribution is 2.35. The van der Waals surface area contributed by atoms with E-state index in [0.29, 0.717) is 17.7 Å². The van der Waals surface area contributed by atoms with Gasteiger partial charge in [0.2, 0.25) is 11.8 Å². The minimum atomic E-state index is -4.58. The molecule has 0 bridgehead atoms. The van der Waals surface area contributed by atoms with Gasteiger partial charge in [-0.3, -0.25) is 14.4 Å². The van der Waals surface area contributed by atoms with Gasteiger partial charge in [0, 0.05) is 0 Å². The maximum absolute atomic E-state index is 13.0. The van der Waals surface area contributed by atoms with E-state index in [9.17, 15) is 27.6 Å². The molecule has 1 unspecified atom stereocenters. The number of anilines is 1. The van der Waals surface area contributed by atoms with Crippen molar-refractivity contribution in [3.8, 4) is 0 Å². The van der Waals surface area contributed by atoms with Crippen LogP contribution in [0.2, 0.25) is 0 Å². The molecule has 1 saturated heterocycles. The molecule has 2 aliphatic rings. The molecule has 0 spiro atoms. The van der Waals surface area contributed by atoms with Crippen molar-refractivity contribution in [2.45, 2.75) is 19.0 Å². The number of carbonyl (C=O) groups is 3.